The summed E-state index contributed by atoms with van der Waals surface area (Å²) in [5.41, 5.74) is 4.78. The van der Waals surface area contributed by atoms with Crippen molar-refractivity contribution in [2.75, 3.05) is 18.3 Å². The Morgan fingerprint density at radius 3 is 3.22 bits per heavy atom. The van der Waals surface area contributed by atoms with Crippen LogP contribution in [-0.4, -0.2) is 45.2 Å². The number of ether oxygens (including phenoxy) is 1. The summed E-state index contributed by atoms with van der Waals surface area (Å²) in [7, 11) is 1.34. The monoisotopic (exact) mass is 330 g/mol. The lowest BCUT2D eigenvalue weighted by molar-refractivity contribution is -0.137. The van der Waals surface area contributed by atoms with E-state index in [1.54, 1.807) is 6.21 Å². The third-order valence-corrected chi connectivity index (χ3v) is 3.83. The number of carbonyl (C=O) groups is 1. The van der Waals surface area contributed by atoms with Crippen LogP contribution in [-0.2, 0) is 9.53 Å². The Kier molecular flexibility index (Phi) is 4.57. The second-order valence-electron chi connectivity index (χ2n) is 4.49. The highest BCUT2D eigenvalue weighted by atomic mass is 32.2. The summed E-state index contributed by atoms with van der Waals surface area (Å²) >= 11 is 1.18. The SMILES string of the molecule is COC(=O)CSc1n[nH]c(N/N=C/c2c[nH]c3ccccc23)n1. The molecule has 0 spiro atoms. The van der Waals surface area contributed by atoms with E-state index in [1.165, 1.54) is 18.9 Å². The van der Waals surface area contributed by atoms with Crippen molar-refractivity contribution in [3.8, 4) is 0 Å². The second-order valence-corrected chi connectivity index (χ2v) is 5.43. The summed E-state index contributed by atoms with van der Waals surface area (Å²) in [5.74, 6) is 0.229. The number of fused-ring (bicyclic) bond motifs is 1. The molecular weight excluding hydrogens is 316 g/mol. The third-order valence-electron chi connectivity index (χ3n) is 3.01. The van der Waals surface area contributed by atoms with E-state index in [1.807, 2.05) is 30.5 Å². The van der Waals surface area contributed by atoms with E-state index in [2.05, 4.69) is 35.4 Å². The van der Waals surface area contributed by atoms with Crippen LogP contribution in [0.3, 0.4) is 0 Å². The number of hydrogen-bond donors (Lipinski definition) is 3. The minimum absolute atomic E-state index is 0.159. The molecule has 8 nitrogen and oxygen atoms in total. The highest BCUT2D eigenvalue weighted by molar-refractivity contribution is 7.99. The molecule has 0 saturated heterocycles. The van der Waals surface area contributed by atoms with Gasteiger partial charge in [0.1, 0.15) is 0 Å². The van der Waals surface area contributed by atoms with Gasteiger partial charge in [-0.25, -0.2) is 10.5 Å². The van der Waals surface area contributed by atoms with E-state index < -0.39 is 0 Å². The molecule has 9 heteroatoms. The predicted molar refractivity (Wildman–Crippen MR) is 88.6 cm³/mol. The van der Waals surface area contributed by atoms with Gasteiger partial charge in [0, 0.05) is 22.7 Å². The highest BCUT2D eigenvalue weighted by Gasteiger charge is 2.07. The number of methoxy groups -OCH3 is 1. The average Bonchev–Trinajstić information content (AvgIpc) is 3.20. The summed E-state index contributed by atoms with van der Waals surface area (Å²) in [6.07, 6.45) is 3.58. The van der Waals surface area contributed by atoms with Crippen LogP contribution in [0.5, 0.6) is 0 Å². The van der Waals surface area contributed by atoms with E-state index in [9.17, 15) is 4.79 Å². The number of rotatable bonds is 6. The van der Waals surface area contributed by atoms with Gasteiger partial charge in [0.05, 0.1) is 19.1 Å². The summed E-state index contributed by atoms with van der Waals surface area (Å²) in [6.45, 7) is 0. The van der Waals surface area contributed by atoms with E-state index in [0.29, 0.717) is 11.1 Å². The molecule has 2 heterocycles. The number of aromatic nitrogens is 4. The number of benzene rings is 1. The molecule has 3 N–H and O–H groups in total. The topological polar surface area (TPSA) is 108 Å². The molecular formula is C14H14N6O2S. The Morgan fingerprint density at radius 1 is 1.48 bits per heavy atom. The van der Waals surface area contributed by atoms with Gasteiger partial charge in [0.15, 0.2) is 0 Å². The minimum Gasteiger partial charge on any atom is -0.468 e. The van der Waals surface area contributed by atoms with Crippen LogP contribution in [0.2, 0.25) is 0 Å². The van der Waals surface area contributed by atoms with Gasteiger partial charge in [0.25, 0.3) is 0 Å². The number of aromatic amines is 2. The normalized spacial score (nSPS) is 11.2. The Hall–Kier alpha value is -2.81. The number of esters is 1. The lowest BCUT2D eigenvalue weighted by Gasteiger charge is -1.94. The zero-order valence-corrected chi connectivity index (χ0v) is 13.1. The molecule has 23 heavy (non-hydrogen) atoms. The first-order chi connectivity index (χ1) is 11.3. The van der Waals surface area contributed by atoms with Crippen molar-refractivity contribution in [3.05, 3.63) is 36.0 Å². The van der Waals surface area contributed by atoms with Crippen LogP contribution >= 0.6 is 11.8 Å². The van der Waals surface area contributed by atoms with E-state index in [0.717, 1.165) is 16.5 Å². The average molecular weight is 330 g/mol. The molecule has 2 aromatic heterocycles. The van der Waals surface area contributed by atoms with Crippen molar-refractivity contribution >= 4 is 40.8 Å². The van der Waals surface area contributed by atoms with Gasteiger partial charge in [-0.05, 0) is 6.07 Å². The Bertz CT molecular complexity index is 841. The van der Waals surface area contributed by atoms with E-state index in [-0.39, 0.29) is 11.7 Å². The number of hydrazone groups is 1. The first-order valence-corrected chi connectivity index (χ1v) is 7.72. The number of H-pyrrole nitrogens is 2. The van der Waals surface area contributed by atoms with Crippen LogP contribution in [0.1, 0.15) is 5.56 Å². The Balaban J connectivity index is 1.60. The molecule has 0 fully saturated rings. The fourth-order valence-electron chi connectivity index (χ4n) is 1.91. The van der Waals surface area contributed by atoms with E-state index >= 15 is 0 Å². The molecule has 3 rings (SSSR count). The summed E-state index contributed by atoms with van der Waals surface area (Å²) in [4.78, 5) is 18.4. The van der Waals surface area contributed by atoms with Gasteiger partial charge >= 0.3 is 5.97 Å². The maximum Gasteiger partial charge on any atom is 0.316 e. The zero-order chi connectivity index (χ0) is 16.1. The van der Waals surface area contributed by atoms with Crippen molar-refractivity contribution in [2.24, 2.45) is 5.10 Å². The molecule has 3 aromatic rings. The molecule has 0 atom stereocenters. The summed E-state index contributed by atoms with van der Waals surface area (Å²) < 4.78 is 4.55. The molecule has 118 valence electrons. The maximum absolute atomic E-state index is 11.1. The highest BCUT2D eigenvalue weighted by Crippen LogP contribution is 2.16. The van der Waals surface area contributed by atoms with Crippen LogP contribution in [0.4, 0.5) is 5.95 Å². The van der Waals surface area contributed by atoms with Gasteiger partial charge in [-0.1, -0.05) is 30.0 Å². The quantitative estimate of drug-likeness (QED) is 0.276. The molecule has 0 aliphatic carbocycles. The standard InChI is InChI=1S/C14H14N6O2S/c1-22-12(21)8-23-14-17-13(19-20-14)18-16-7-9-6-15-11-5-3-2-4-10(9)11/h2-7,15H,8H2,1H3,(H2,17,18,19,20)/b16-7+. The van der Waals surface area contributed by atoms with Crippen LogP contribution in [0.25, 0.3) is 10.9 Å². The molecule has 0 unspecified atom stereocenters. The minimum atomic E-state index is -0.327. The van der Waals surface area contributed by atoms with Crippen LogP contribution < -0.4 is 5.43 Å². The number of anilines is 1. The number of hydrogen-bond acceptors (Lipinski definition) is 7. The van der Waals surface area contributed by atoms with Crippen molar-refractivity contribution in [3.63, 3.8) is 0 Å². The Labute approximate surface area is 135 Å². The van der Waals surface area contributed by atoms with Crippen molar-refractivity contribution in [1.29, 1.82) is 0 Å². The molecule has 0 saturated carbocycles. The maximum atomic E-state index is 11.1. The lowest BCUT2D eigenvalue weighted by atomic mass is 10.2. The predicted octanol–water partition coefficient (Wildman–Crippen LogP) is 2.00. The van der Waals surface area contributed by atoms with Gasteiger partial charge in [-0.2, -0.15) is 10.1 Å². The summed E-state index contributed by atoms with van der Waals surface area (Å²) in [6, 6.07) is 7.97. The zero-order valence-electron chi connectivity index (χ0n) is 12.2. The molecule has 1 aromatic carbocycles. The first-order valence-electron chi connectivity index (χ1n) is 6.73. The lowest BCUT2D eigenvalue weighted by Crippen LogP contribution is -2.03. The first kappa shape index (κ1) is 15.1. The van der Waals surface area contributed by atoms with Gasteiger partial charge in [0.2, 0.25) is 11.1 Å². The Morgan fingerprint density at radius 2 is 2.35 bits per heavy atom. The summed E-state index contributed by atoms with van der Waals surface area (Å²) in [5, 5.41) is 12.3. The molecule has 0 radical (unpaired) electrons. The fourth-order valence-corrected chi connectivity index (χ4v) is 2.54. The largest absolute Gasteiger partial charge is 0.468 e. The van der Waals surface area contributed by atoms with Gasteiger partial charge < -0.3 is 9.72 Å². The van der Waals surface area contributed by atoms with Crippen LogP contribution in [0, 0.1) is 0 Å². The van der Waals surface area contributed by atoms with Crippen molar-refractivity contribution in [2.45, 2.75) is 5.16 Å². The third kappa shape index (κ3) is 3.69. The van der Waals surface area contributed by atoms with E-state index in [4.69, 9.17) is 0 Å². The smallest absolute Gasteiger partial charge is 0.316 e. The number of para-hydroxylation sites is 1. The second kappa shape index (κ2) is 6.97. The number of nitrogens with one attached hydrogen (secondary N) is 3. The molecule has 0 amide bonds. The number of carbonyl (C=O) groups excluding carboxylic acids is 1. The fraction of sp³-hybridized carbons (Fsp3) is 0.143. The number of thioether (sulfide) groups is 1. The van der Waals surface area contributed by atoms with Gasteiger partial charge in [-0.3, -0.25) is 4.79 Å². The van der Waals surface area contributed by atoms with Gasteiger partial charge in [-0.15, -0.1) is 5.10 Å². The molecule has 0 bridgehead atoms. The van der Waals surface area contributed by atoms with Crippen molar-refractivity contribution in [1.82, 2.24) is 20.2 Å². The van der Waals surface area contributed by atoms with Crippen LogP contribution in [0.15, 0.2) is 40.7 Å². The molecule has 0 aliphatic heterocycles. The van der Waals surface area contributed by atoms with Crippen molar-refractivity contribution < 1.29 is 9.53 Å². The molecule has 0 aliphatic rings. The number of nitrogens with zero attached hydrogens (tertiary/aromatic N) is 3.